The van der Waals surface area contributed by atoms with Crippen LogP contribution in [-0.4, -0.2) is 40.0 Å². The number of aromatic amines is 1. The van der Waals surface area contributed by atoms with Crippen LogP contribution < -0.4 is 5.73 Å². The molecule has 2 amide bonds. The summed E-state index contributed by atoms with van der Waals surface area (Å²) in [4.78, 5) is 27.5. The number of hydrogen-bond donors (Lipinski definition) is 2. The number of nitrogens with zero attached hydrogens (tertiary/aromatic N) is 2. The van der Waals surface area contributed by atoms with Gasteiger partial charge in [-0.05, 0) is 54.9 Å². The lowest BCUT2D eigenvalue weighted by molar-refractivity contribution is -0.130. The van der Waals surface area contributed by atoms with E-state index in [9.17, 15) is 9.59 Å². The number of nitrogens with two attached hydrogens (primary N) is 1. The molecule has 1 saturated heterocycles. The predicted molar refractivity (Wildman–Crippen MR) is 130 cm³/mol. The van der Waals surface area contributed by atoms with Crippen LogP contribution in [0, 0.1) is 12.3 Å². The van der Waals surface area contributed by atoms with E-state index in [1.807, 2.05) is 13.8 Å². The Bertz CT molecular complexity index is 1130. The molecule has 6 heteroatoms. The van der Waals surface area contributed by atoms with E-state index < -0.39 is 5.41 Å². The van der Waals surface area contributed by atoms with Gasteiger partial charge in [0.1, 0.15) is 5.69 Å². The summed E-state index contributed by atoms with van der Waals surface area (Å²) in [5.74, 6) is -0.251. The van der Waals surface area contributed by atoms with Gasteiger partial charge in [0.2, 0.25) is 5.91 Å². The van der Waals surface area contributed by atoms with Gasteiger partial charge >= 0.3 is 0 Å². The Morgan fingerprint density at radius 1 is 1.09 bits per heavy atom. The van der Waals surface area contributed by atoms with E-state index in [-0.39, 0.29) is 17.7 Å². The monoisotopic (exact) mass is 444 g/mol. The number of piperidine rings is 1. The standard InChI is InChI=1S/C27H32N4O2/c1-18(2)23-15-24(30-29-23)25(32)31-14-4-13-27(17-31,26(28)33)16-20-7-11-22(12-8-20)21-9-5-19(3)6-10-21/h5-12,15,18H,4,13-14,16-17H2,1-3H3,(H2,28,33)(H,29,30). The molecule has 0 aliphatic carbocycles. The number of nitrogens with one attached hydrogen (secondary N) is 1. The second kappa shape index (κ2) is 9.22. The molecular formula is C27H32N4O2. The highest BCUT2D eigenvalue weighted by atomic mass is 16.2. The SMILES string of the molecule is Cc1ccc(-c2ccc(CC3(C(N)=O)CCCN(C(=O)c4cc(C(C)C)[nH]n4)C3)cc2)cc1. The fourth-order valence-electron chi connectivity index (χ4n) is 4.59. The molecule has 0 bridgehead atoms. The molecule has 3 aromatic rings. The molecule has 33 heavy (non-hydrogen) atoms. The second-order valence-electron chi connectivity index (χ2n) is 9.58. The van der Waals surface area contributed by atoms with Gasteiger partial charge in [0.15, 0.2) is 0 Å². The number of likely N-dealkylation sites (tertiary alicyclic amines) is 1. The lowest BCUT2D eigenvalue weighted by Crippen LogP contribution is -2.53. The van der Waals surface area contributed by atoms with Gasteiger partial charge in [0.05, 0.1) is 5.41 Å². The van der Waals surface area contributed by atoms with Crippen LogP contribution in [0.5, 0.6) is 0 Å². The molecule has 1 fully saturated rings. The third-order valence-electron chi connectivity index (χ3n) is 6.71. The van der Waals surface area contributed by atoms with E-state index in [0.29, 0.717) is 31.6 Å². The molecule has 172 valence electrons. The summed E-state index contributed by atoms with van der Waals surface area (Å²) in [5, 5.41) is 7.14. The minimum absolute atomic E-state index is 0.154. The summed E-state index contributed by atoms with van der Waals surface area (Å²) < 4.78 is 0. The molecule has 1 unspecified atom stereocenters. The molecule has 1 atom stereocenters. The summed E-state index contributed by atoms with van der Waals surface area (Å²) in [6.45, 7) is 7.08. The maximum atomic E-state index is 13.1. The quantitative estimate of drug-likeness (QED) is 0.588. The van der Waals surface area contributed by atoms with Crippen molar-refractivity contribution in [3.05, 3.63) is 77.1 Å². The van der Waals surface area contributed by atoms with Gasteiger partial charge in [0, 0.05) is 18.8 Å². The lowest BCUT2D eigenvalue weighted by atomic mass is 9.74. The number of benzene rings is 2. The van der Waals surface area contributed by atoms with Crippen LogP contribution in [-0.2, 0) is 11.2 Å². The lowest BCUT2D eigenvalue weighted by Gasteiger charge is -2.40. The highest BCUT2D eigenvalue weighted by Crippen LogP contribution is 2.35. The minimum atomic E-state index is -0.781. The van der Waals surface area contributed by atoms with Gasteiger partial charge in [0.25, 0.3) is 5.91 Å². The Morgan fingerprint density at radius 3 is 2.30 bits per heavy atom. The van der Waals surface area contributed by atoms with Crippen LogP contribution in [0.1, 0.15) is 59.9 Å². The van der Waals surface area contributed by atoms with E-state index in [1.54, 1.807) is 11.0 Å². The van der Waals surface area contributed by atoms with Crippen LogP contribution in [0.3, 0.4) is 0 Å². The first-order valence-corrected chi connectivity index (χ1v) is 11.6. The first kappa shape index (κ1) is 22.8. The molecular weight excluding hydrogens is 412 g/mol. The molecule has 6 nitrogen and oxygen atoms in total. The predicted octanol–water partition coefficient (Wildman–Crippen LogP) is 4.46. The number of amides is 2. The number of primary amides is 1. The molecule has 1 aliphatic heterocycles. The molecule has 1 aliphatic rings. The Balaban J connectivity index is 1.52. The third kappa shape index (κ3) is 4.85. The highest BCUT2D eigenvalue weighted by molar-refractivity contribution is 5.93. The summed E-state index contributed by atoms with van der Waals surface area (Å²) in [5.41, 5.74) is 11.0. The molecule has 1 aromatic heterocycles. The van der Waals surface area contributed by atoms with Gasteiger partial charge in [-0.3, -0.25) is 14.7 Å². The van der Waals surface area contributed by atoms with Crippen LogP contribution in [0.4, 0.5) is 0 Å². The Morgan fingerprint density at radius 2 is 1.73 bits per heavy atom. The molecule has 0 spiro atoms. The van der Waals surface area contributed by atoms with Crippen molar-refractivity contribution in [3.8, 4) is 11.1 Å². The fourth-order valence-corrected chi connectivity index (χ4v) is 4.59. The number of hydrogen-bond acceptors (Lipinski definition) is 3. The third-order valence-corrected chi connectivity index (χ3v) is 6.71. The van der Waals surface area contributed by atoms with Crippen LogP contribution in [0.2, 0.25) is 0 Å². The van der Waals surface area contributed by atoms with Gasteiger partial charge in [-0.25, -0.2) is 0 Å². The molecule has 4 rings (SSSR count). The number of aryl methyl sites for hydroxylation is 1. The van der Waals surface area contributed by atoms with Crippen LogP contribution >= 0.6 is 0 Å². The van der Waals surface area contributed by atoms with Gasteiger partial charge in [-0.2, -0.15) is 5.10 Å². The molecule has 3 N–H and O–H groups in total. The topological polar surface area (TPSA) is 92.1 Å². The van der Waals surface area contributed by atoms with Gasteiger partial charge in [-0.1, -0.05) is 67.9 Å². The Hall–Kier alpha value is -3.41. The molecule has 0 radical (unpaired) electrons. The number of rotatable bonds is 6. The minimum Gasteiger partial charge on any atom is -0.369 e. The largest absolute Gasteiger partial charge is 0.369 e. The smallest absolute Gasteiger partial charge is 0.274 e. The average Bonchev–Trinajstić information content (AvgIpc) is 3.30. The van der Waals surface area contributed by atoms with Crippen molar-refractivity contribution in [2.45, 2.75) is 46.0 Å². The zero-order valence-electron chi connectivity index (χ0n) is 19.6. The van der Waals surface area contributed by atoms with Crippen molar-refractivity contribution in [1.29, 1.82) is 0 Å². The van der Waals surface area contributed by atoms with Crippen molar-refractivity contribution in [2.75, 3.05) is 13.1 Å². The summed E-state index contributed by atoms with van der Waals surface area (Å²) in [7, 11) is 0. The summed E-state index contributed by atoms with van der Waals surface area (Å²) >= 11 is 0. The highest BCUT2D eigenvalue weighted by Gasteiger charge is 2.42. The summed E-state index contributed by atoms with van der Waals surface area (Å²) in [6.07, 6.45) is 1.92. The maximum absolute atomic E-state index is 13.1. The molecule has 0 saturated carbocycles. The van der Waals surface area contributed by atoms with E-state index in [2.05, 4.69) is 65.7 Å². The van der Waals surface area contributed by atoms with E-state index in [0.717, 1.165) is 28.8 Å². The van der Waals surface area contributed by atoms with Crippen LogP contribution in [0.25, 0.3) is 11.1 Å². The Kier molecular flexibility index (Phi) is 6.36. The zero-order valence-corrected chi connectivity index (χ0v) is 19.6. The Labute approximate surface area is 195 Å². The number of carbonyl (C=O) groups is 2. The first-order chi connectivity index (χ1) is 15.8. The number of aromatic nitrogens is 2. The van der Waals surface area contributed by atoms with E-state index in [4.69, 9.17) is 5.73 Å². The maximum Gasteiger partial charge on any atom is 0.274 e. The van der Waals surface area contributed by atoms with Crippen molar-refractivity contribution in [1.82, 2.24) is 15.1 Å². The normalized spacial score (nSPS) is 18.5. The average molecular weight is 445 g/mol. The van der Waals surface area contributed by atoms with Crippen molar-refractivity contribution < 1.29 is 9.59 Å². The molecule has 2 aromatic carbocycles. The molecule has 2 heterocycles. The first-order valence-electron chi connectivity index (χ1n) is 11.6. The number of H-pyrrole nitrogens is 1. The number of carbonyl (C=O) groups excluding carboxylic acids is 2. The van der Waals surface area contributed by atoms with Crippen molar-refractivity contribution in [2.24, 2.45) is 11.1 Å². The fraction of sp³-hybridized carbons (Fsp3) is 0.370. The van der Waals surface area contributed by atoms with E-state index >= 15 is 0 Å². The van der Waals surface area contributed by atoms with Gasteiger partial charge in [-0.15, -0.1) is 0 Å². The van der Waals surface area contributed by atoms with Gasteiger partial charge < -0.3 is 10.6 Å². The van der Waals surface area contributed by atoms with Crippen LogP contribution in [0.15, 0.2) is 54.6 Å². The van der Waals surface area contributed by atoms with E-state index in [1.165, 1.54) is 5.56 Å². The van der Waals surface area contributed by atoms with Crippen molar-refractivity contribution >= 4 is 11.8 Å². The summed E-state index contributed by atoms with van der Waals surface area (Å²) in [6, 6.07) is 18.5. The van der Waals surface area contributed by atoms with Crippen molar-refractivity contribution in [3.63, 3.8) is 0 Å². The second-order valence-corrected chi connectivity index (χ2v) is 9.58. The zero-order chi connectivity index (χ0) is 23.6.